The van der Waals surface area contributed by atoms with Crippen molar-refractivity contribution >= 4 is 23.6 Å². The molecule has 0 bridgehead atoms. The van der Waals surface area contributed by atoms with Gasteiger partial charge in [0.1, 0.15) is 0 Å². The summed E-state index contributed by atoms with van der Waals surface area (Å²) in [5, 5.41) is 3.58. The van der Waals surface area contributed by atoms with Gasteiger partial charge < -0.3 is 15.0 Å². The van der Waals surface area contributed by atoms with Crippen LogP contribution in [-0.2, 0) is 16.1 Å². The van der Waals surface area contributed by atoms with E-state index in [0.717, 1.165) is 18.5 Å². The van der Waals surface area contributed by atoms with Gasteiger partial charge in [0, 0.05) is 37.7 Å². The highest BCUT2D eigenvalue weighted by Crippen LogP contribution is 2.10. The number of hydrogen-bond acceptors (Lipinski definition) is 4. The molecule has 1 aliphatic heterocycles. The number of ether oxygens (including phenoxy) is 1. The predicted molar refractivity (Wildman–Crippen MR) is 102 cm³/mol. The third-order valence-electron chi connectivity index (χ3n) is 4.13. The normalized spacial score (nSPS) is 15.6. The summed E-state index contributed by atoms with van der Waals surface area (Å²) in [7, 11) is 0. The van der Waals surface area contributed by atoms with Crippen LogP contribution in [0.25, 0.3) is 0 Å². The third-order valence-corrected chi connectivity index (χ3v) is 4.37. The van der Waals surface area contributed by atoms with Crippen LogP contribution in [0.4, 0.5) is 4.79 Å². The SMILES string of the molecule is CC(C)COC(=O)N1CCCN(CC(=O)NCc2cccc(Cl)c2)CC1. The van der Waals surface area contributed by atoms with Crippen molar-refractivity contribution in [2.75, 3.05) is 39.3 Å². The lowest BCUT2D eigenvalue weighted by molar-refractivity contribution is -0.122. The first-order chi connectivity index (χ1) is 12.4. The van der Waals surface area contributed by atoms with Crippen LogP contribution in [0.3, 0.4) is 0 Å². The summed E-state index contributed by atoms with van der Waals surface area (Å²) in [4.78, 5) is 28.1. The predicted octanol–water partition coefficient (Wildman–Crippen LogP) is 2.76. The van der Waals surface area contributed by atoms with Crippen molar-refractivity contribution in [1.29, 1.82) is 0 Å². The molecule has 7 heteroatoms. The monoisotopic (exact) mass is 381 g/mol. The molecule has 0 atom stereocenters. The topological polar surface area (TPSA) is 61.9 Å². The number of nitrogens with zero attached hydrogens (tertiary/aromatic N) is 2. The number of carbonyl (C=O) groups excluding carboxylic acids is 2. The number of amides is 2. The van der Waals surface area contributed by atoms with Gasteiger partial charge in [0.2, 0.25) is 5.91 Å². The summed E-state index contributed by atoms with van der Waals surface area (Å²) >= 11 is 5.95. The maximum atomic E-state index is 12.2. The van der Waals surface area contributed by atoms with Gasteiger partial charge in [-0.15, -0.1) is 0 Å². The lowest BCUT2D eigenvalue weighted by Crippen LogP contribution is -2.40. The van der Waals surface area contributed by atoms with E-state index in [1.165, 1.54) is 0 Å². The molecule has 1 aromatic carbocycles. The van der Waals surface area contributed by atoms with Crippen LogP contribution in [0.1, 0.15) is 25.8 Å². The molecule has 0 spiro atoms. The molecule has 2 amide bonds. The van der Waals surface area contributed by atoms with Crippen LogP contribution in [-0.4, -0.2) is 61.1 Å². The molecule has 6 nitrogen and oxygen atoms in total. The smallest absolute Gasteiger partial charge is 0.409 e. The van der Waals surface area contributed by atoms with Gasteiger partial charge in [-0.25, -0.2) is 4.79 Å². The van der Waals surface area contributed by atoms with E-state index in [1.807, 2.05) is 38.1 Å². The molecule has 1 fully saturated rings. The van der Waals surface area contributed by atoms with Crippen molar-refractivity contribution in [3.8, 4) is 0 Å². The Balaban J connectivity index is 1.73. The standard InChI is InChI=1S/C19H28ClN3O3/c1-15(2)14-26-19(25)23-8-4-7-22(9-10-23)13-18(24)21-12-16-5-3-6-17(20)11-16/h3,5-6,11,15H,4,7-10,12-14H2,1-2H3,(H,21,24). The van der Waals surface area contributed by atoms with E-state index in [2.05, 4.69) is 10.2 Å². The van der Waals surface area contributed by atoms with Crippen molar-refractivity contribution < 1.29 is 14.3 Å². The molecule has 1 aromatic rings. The first-order valence-corrected chi connectivity index (χ1v) is 9.47. The van der Waals surface area contributed by atoms with Gasteiger partial charge >= 0.3 is 6.09 Å². The highest BCUT2D eigenvalue weighted by molar-refractivity contribution is 6.30. The molecule has 1 aliphatic rings. The Labute approximate surface area is 160 Å². The van der Waals surface area contributed by atoms with Crippen LogP contribution in [0.15, 0.2) is 24.3 Å². The Morgan fingerprint density at radius 1 is 1.23 bits per heavy atom. The van der Waals surface area contributed by atoms with E-state index in [4.69, 9.17) is 16.3 Å². The molecule has 1 saturated heterocycles. The zero-order valence-corrected chi connectivity index (χ0v) is 16.3. The van der Waals surface area contributed by atoms with Gasteiger partial charge in [0.25, 0.3) is 0 Å². The van der Waals surface area contributed by atoms with E-state index in [1.54, 1.807) is 4.90 Å². The minimum atomic E-state index is -0.258. The Kier molecular flexibility index (Phi) is 8.19. The molecular formula is C19H28ClN3O3. The fourth-order valence-electron chi connectivity index (χ4n) is 2.75. The number of rotatable bonds is 6. The summed E-state index contributed by atoms with van der Waals surface area (Å²) in [5.74, 6) is 0.298. The largest absolute Gasteiger partial charge is 0.449 e. The molecule has 26 heavy (non-hydrogen) atoms. The Morgan fingerprint density at radius 3 is 2.77 bits per heavy atom. The number of carbonyl (C=O) groups is 2. The second kappa shape index (κ2) is 10.4. The zero-order chi connectivity index (χ0) is 18.9. The number of benzene rings is 1. The Morgan fingerprint density at radius 2 is 2.04 bits per heavy atom. The van der Waals surface area contributed by atoms with E-state index in [0.29, 0.717) is 50.3 Å². The van der Waals surface area contributed by atoms with Gasteiger partial charge in [0.15, 0.2) is 0 Å². The average molecular weight is 382 g/mol. The number of hydrogen-bond donors (Lipinski definition) is 1. The molecule has 1 N–H and O–H groups in total. The van der Waals surface area contributed by atoms with Gasteiger partial charge in [-0.2, -0.15) is 0 Å². The van der Waals surface area contributed by atoms with Gasteiger partial charge in [-0.3, -0.25) is 9.69 Å². The van der Waals surface area contributed by atoms with Crippen molar-refractivity contribution in [3.63, 3.8) is 0 Å². The lowest BCUT2D eigenvalue weighted by Gasteiger charge is -2.21. The molecule has 0 aliphatic carbocycles. The summed E-state index contributed by atoms with van der Waals surface area (Å²) in [6, 6.07) is 7.45. The molecule has 0 unspecified atom stereocenters. The summed E-state index contributed by atoms with van der Waals surface area (Å²) < 4.78 is 5.29. The zero-order valence-electron chi connectivity index (χ0n) is 15.5. The van der Waals surface area contributed by atoms with E-state index >= 15 is 0 Å². The van der Waals surface area contributed by atoms with Crippen LogP contribution in [0.5, 0.6) is 0 Å². The van der Waals surface area contributed by atoms with E-state index in [9.17, 15) is 9.59 Å². The fourth-order valence-corrected chi connectivity index (χ4v) is 2.96. The third kappa shape index (κ3) is 7.22. The highest BCUT2D eigenvalue weighted by atomic mass is 35.5. The second-order valence-electron chi connectivity index (χ2n) is 6.99. The summed E-state index contributed by atoms with van der Waals surface area (Å²) in [6.07, 6.45) is 0.573. The summed E-state index contributed by atoms with van der Waals surface area (Å²) in [5.41, 5.74) is 0.973. The minimum absolute atomic E-state index is 0.0270. The fraction of sp³-hybridized carbons (Fsp3) is 0.579. The van der Waals surface area contributed by atoms with Crippen LogP contribution in [0, 0.1) is 5.92 Å². The number of nitrogens with one attached hydrogen (secondary N) is 1. The van der Waals surface area contributed by atoms with E-state index < -0.39 is 0 Å². The van der Waals surface area contributed by atoms with Crippen molar-refractivity contribution in [1.82, 2.24) is 15.1 Å². The highest BCUT2D eigenvalue weighted by Gasteiger charge is 2.21. The quantitative estimate of drug-likeness (QED) is 0.823. The van der Waals surface area contributed by atoms with Crippen LogP contribution < -0.4 is 5.32 Å². The van der Waals surface area contributed by atoms with E-state index in [-0.39, 0.29) is 12.0 Å². The molecule has 0 aromatic heterocycles. The lowest BCUT2D eigenvalue weighted by atomic mass is 10.2. The molecule has 0 radical (unpaired) electrons. The first kappa shape index (κ1) is 20.5. The molecular weight excluding hydrogens is 354 g/mol. The molecule has 2 rings (SSSR count). The number of halogens is 1. The van der Waals surface area contributed by atoms with Crippen molar-refractivity contribution in [3.05, 3.63) is 34.9 Å². The van der Waals surface area contributed by atoms with Gasteiger partial charge in [0.05, 0.1) is 13.2 Å². The van der Waals surface area contributed by atoms with Gasteiger partial charge in [-0.1, -0.05) is 37.6 Å². The maximum absolute atomic E-state index is 12.2. The van der Waals surface area contributed by atoms with Crippen LogP contribution >= 0.6 is 11.6 Å². The second-order valence-corrected chi connectivity index (χ2v) is 7.43. The van der Waals surface area contributed by atoms with Crippen molar-refractivity contribution in [2.24, 2.45) is 5.92 Å². The van der Waals surface area contributed by atoms with Gasteiger partial charge in [-0.05, 0) is 30.0 Å². The van der Waals surface area contributed by atoms with Crippen molar-refractivity contribution in [2.45, 2.75) is 26.8 Å². The maximum Gasteiger partial charge on any atom is 0.409 e. The first-order valence-electron chi connectivity index (χ1n) is 9.09. The summed E-state index contributed by atoms with van der Waals surface area (Å²) in [6.45, 7) is 7.95. The Hall–Kier alpha value is -1.79. The van der Waals surface area contributed by atoms with Crippen LogP contribution in [0.2, 0.25) is 5.02 Å². The molecule has 0 saturated carbocycles. The molecule has 144 valence electrons. The average Bonchev–Trinajstić information content (AvgIpc) is 2.83. The minimum Gasteiger partial charge on any atom is -0.449 e. The molecule has 1 heterocycles. The Bertz CT molecular complexity index is 609.